The first-order valence-corrected chi connectivity index (χ1v) is 5.75. The van der Waals surface area contributed by atoms with E-state index in [0.29, 0.717) is 6.04 Å². The van der Waals surface area contributed by atoms with E-state index in [9.17, 15) is 0 Å². The van der Waals surface area contributed by atoms with E-state index in [1.165, 1.54) is 11.1 Å². The SMILES string of the molecule is COc1ccc2c(c1OC)CCCN[C@@H]2C. The first-order chi connectivity index (χ1) is 7.77. The number of hydrogen-bond donors (Lipinski definition) is 1. The Kier molecular flexibility index (Phi) is 3.34. The van der Waals surface area contributed by atoms with Crippen LogP contribution in [0.4, 0.5) is 0 Å². The molecule has 2 rings (SSSR count). The molecule has 1 aliphatic heterocycles. The largest absolute Gasteiger partial charge is 0.493 e. The van der Waals surface area contributed by atoms with Crippen LogP contribution in [0.15, 0.2) is 12.1 Å². The second kappa shape index (κ2) is 4.74. The lowest BCUT2D eigenvalue weighted by Gasteiger charge is -2.18. The van der Waals surface area contributed by atoms with Crippen LogP contribution < -0.4 is 14.8 Å². The molecule has 16 heavy (non-hydrogen) atoms. The molecule has 0 aromatic heterocycles. The van der Waals surface area contributed by atoms with Gasteiger partial charge < -0.3 is 14.8 Å². The van der Waals surface area contributed by atoms with Crippen LogP contribution >= 0.6 is 0 Å². The summed E-state index contributed by atoms with van der Waals surface area (Å²) in [7, 11) is 3.39. The van der Waals surface area contributed by atoms with Crippen molar-refractivity contribution in [1.29, 1.82) is 0 Å². The van der Waals surface area contributed by atoms with E-state index in [-0.39, 0.29) is 0 Å². The first kappa shape index (κ1) is 11.3. The van der Waals surface area contributed by atoms with Gasteiger partial charge in [0.15, 0.2) is 11.5 Å². The molecule has 1 aliphatic rings. The van der Waals surface area contributed by atoms with Gasteiger partial charge in [-0.15, -0.1) is 0 Å². The van der Waals surface area contributed by atoms with E-state index >= 15 is 0 Å². The van der Waals surface area contributed by atoms with Crippen LogP contribution in [0.25, 0.3) is 0 Å². The number of nitrogens with one attached hydrogen (secondary N) is 1. The molecule has 0 unspecified atom stereocenters. The molecular formula is C13H19NO2. The zero-order chi connectivity index (χ0) is 11.5. The Balaban J connectivity index is 2.52. The molecule has 1 aromatic rings. The third-order valence-corrected chi connectivity index (χ3v) is 3.21. The van der Waals surface area contributed by atoms with Crippen LogP contribution in [0.2, 0.25) is 0 Å². The maximum absolute atomic E-state index is 5.49. The molecule has 3 nitrogen and oxygen atoms in total. The first-order valence-electron chi connectivity index (χ1n) is 5.75. The smallest absolute Gasteiger partial charge is 0.164 e. The maximum Gasteiger partial charge on any atom is 0.164 e. The van der Waals surface area contributed by atoms with Crippen LogP contribution in [-0.4, -0.2) is 20.8 Å². The molecule has 0 saturated carbocycles. The van der Waals surface area contributed by atoms with Crippen LogP contribution in [-0.2, 0) is 6.42 Å². The monoisotopic (exact) mass is 221 g/mol. The molecule has 0 bridgehead atoms. The Morgan fingerprint density at radius 2 is 2.06 bits per heavy atom. The summed E-state index contributed by atoms with van der Waals surface area (Å²) in [5.41, 5.74) is 2.62. The Morgan fingerprint density at radius 1 is 1.25 bits per heavy atom. The van der Waals surface area contributed by atoms with Crippen LogP contribution in [0, 0.1) is 0 Å². The van der Waals surface area contributed by atoms with Gasteiger partial charge in [-0.25, -0.2) is 0 Å². The quantitative estimate of drug-likeness (QED) is 0.831. The minimum absolute atomic E-state index is 0.386. The van der Waals surface area contributed by atoms with E-state index in [1.807, 2.05) is 6.07 Å². The Morgan fingerprint density at radius 3 is 2.75 bits per heavy atom. The van der Waals surface area contributed by atoms with Gasteiger partial charge in [0.2, 0.25) is 0 Å². The summed E-state index contributed by atoms with van der Waals surface area (Å²) >= 11 is 0. The van der Waals surface area contributed by atoms with Gasteiger partial charge in [0.05, 0.1) is 14.2 Å². The molecule has 3 heteroatoms. The van der Waals surface area contributed by atoms with Gasteiger partial charge in [0.25, 0.3) is 0 Å². The molecule has 0 spiro atoms. The van der Waals surface area contributed by atoms with Gasteiger partial charge >= 0.3 is 0 Å². The molecule has 1 aromatic carbocycles. The molecule has 88 valence electrons. The molecule has 1 atom stereocenters. The average Bonchev–Trinajstić information content (AvgIpc) is 2.50. The predicted molar refractivity (Wildman–Crippen MR) is 64.3 cm³/mol. The summed E-state index contributed by atoms with van der Waals surface area (Å²) in [6.07, 6.45) is 2.19. The van der Waals surface area contributed by atoms with Crippen molar-refractivity contribution in [3.8, 4) is 11.5 Å². The number of fused-ring (bicyclic) bond motifs is 1. The fourth-order valence-corrected chi connectivity index (χ4v) is 2.36. The van der Waals surface area contributed by atoms with Crippen molar-refractivity contribution in [2.75, 3.05) is 20.8 Å². The summed E-state index contributed by atoms with van der Waals surface area (Å²) in [6.45, 7) is 3.25. The summed E-state index contributed by atoms with van der Waals surface area (Å²) in [5.74, 6) is 1.73. The zero-order valence-electron chi connectivity index (χ0n) is 10.2. The van der Waals surface area contributed by atoms with Crippen molar-refractivity contribution >= 4 is 0 Å². The lowest BCUT2D eigenvalue weighted by Crippen LogP contribution is -2.17. The molecule has 0 radical (unpaired) electrons. The van der Waals surface area contributed by atoms with E-state index in [0.717, 1.165) is 30.9 Å². The molecular weight excluding hydrogens is 202 g/mol. The average molecular weight is 221 g/mol. The summed E-state index contributed by atoms with van der Waals surface area (Å²) in [5, 5.41) is 3.49. The van der Waals surface area contributed by atoms with Crippen molar-refractivity contribution in [3.05, 3.63) is 23.3 Å². The van der Waals surface area contributed by atoms with Crippen molar-refractivity contribution < 1.29 is 9.47 Å². The normalized spacial score (nSPS) is 19.8. The lowest BCUT2D eigenvalue weighted by molar-refractivity contribution is 0.351. The number of ether oxygens (including phenoxy) is 2. The zero-order valence-corrected chi connectivity index (χ0v) is 10.2. The summed E-state index contributed by atoms with van der Waals surface area (Å²) < 4.78 is 10.8. The summed E-state index contributed by atoms with van der Waals surface area (Å²) in [4.78, 5) is 0. The number of benzene rings is 1. The molecule has 1 heterocycles. The number of rotatable bonds is 2. The van der Waals surface area contributed by atoms with Crippen LogP contribution in [0.1, 0.15) is 30.5 Å². The van der Waals surface area contributed by atoms with Crippen molar-refractivity contribution in [3.63, 3.8) is 0 Å². The number of hydrogen-bond acceptors (Lipinski definition) is 3. The van der Waals surface area contributed by atoms with Crippen LogP contribution in [0.5, 0.6) is 11.5 Å². The fraction of sp³-hybridized carbons (Fsp3) is 0.538. The highest BCUT2D eigenvalue weighted by Gasteiger charge is 2.20. The molecule has 1 N–H and O–H groups in total. The Bertz CT molecular complexity index is 376. The van der Waals surface area contributed by atoms with Gasteiger partial charge in [0.1, 0.15) is 0 Å². The van der Waals surface area contributed by atoms with Gasteiger partial charge in [-0.3, -0.25) is 0 Å². The van der Waals surface area contributed by atoms with E-state index < -0.39 is 0 Å². The van der Waals surface area contributed by atoms with Crippen molar-refractivity contribution in [2.24, 2.45) is 0 Å². The highest BCUT2D eigenvalue weighted by Crippen LogP contribution is 2.37. The molecule has 0 aliphatic carbocycles. The minimum Gasteiger partial charge on any atom is -0.493 e. The van der Waals surface area contributed by atoms with Crippen molar-refractivity contribution in [2.45, 2.75) is 25.8 Å². The molecule has 0 amide bonds. The van der Waals surface area contributed by atoms with Gasteiger partial charge in [-0.05, 0) is 37.9 Å². The predicted octanol–water partition coefficient (Wildman–Crippen LogP) is 2.30. The minimum atomic E-state index is 0.386. The number of methoxy groups -OCH3 is 2. The highest BCUT2D eigenvalue weighted by atomic mass is 16.5. The lowest BCUT2D eigenvalue weighted by atomic mass is 9.98. The van der Waals surface area contributed by atoms with Crippen LogP contribution in [0.3, 0.4) is 0 Å². The second-order valence-electron chi connectivity index (χ2n) is 4.15. The van der Waals surface area contributed by atoms with E-state index in [1.54, 1.807) is 14.2 Å². The van der Waals surface area contributed by atoms with Gasteiger partial charge in [-0.2, -0.15) is 0 Å². The molecule has 0 fully saturated rings. The van der Waals surface area contributed by atoms with Crippen molar-refractivity contribution in [1.82, 2.24) is 5.32 Å². The Hall–Kier alpha value is -1.22. The fourth-order valence-electron chi connectivity index (χ4n) is 2.36. The van der Waals surface area contributed by atoms with E-state index in [4.69, 9.17) is 9.47 Å². The standard InChI is InChI=1S/C13H19NO2/c1-9-10-6-7-12(15-2)13(16-3)11(10)5-4-8-14-9/h6-7,9,14H,4-5,8H2,1-3H3/t9-/m1/s1. The maximum atomic E-state index is 5.49. The second-order valence-corrected chi connectivity index (χ2v) is 4.15. The van der Waals surface area contributed by atoms with Gasteiger partial charge in [0, 0.05) is 11.6 Å². The Labute approximate surface area is 96.8 Å². The van der Waals surface area contributed by atoms with Gasteiger partial charge in [-0.1, -0.05) is 6.07 Å². The summed E-state index contributed by atoms with van der Waals surface area (Å²) in [6, 6.07) is 4.51. The highest BCUT2D eigenvalue weighted by molar-refractivity contribution is 5.52. The molecule has 0 saturated heterocycles. The third kappa shape index (κ3) is 1.87. The van der Waals surface area contributed by atoms with E-state index in [2.05, 4.69) is 18.3 Å². The topological polar surface area (TPSA) is 30.5 Å². The third-order valence-electron chi connectivity index (χ3n) is 3.21.